The molecule has 0 heterocycles. The Morgan fingerprint density at radius 2 is 1.75 bits per heavy atom. The minimum Gasteiger partial charge on any atom is -0.330 e. The Balaban J connectivity index is 2.06. The van der Waals surface area contributed by atoms with Gasteiger partial charge in [0, 0.05) is 6.54 Å². The first kappa shape index (κ1) is 15.4. The van der Waals surface area contributed by atoms with Crippen molar-refractivity contribution in [2.24, 2.45) is 11.1 Å². The SMILES string of the molecule is NCC1(CNS(=O)(=O)c2ccc(F)cc2)CCCCC1. The topological polar surface area (TPSA) is 72.2 Å². The Bertz CT molecular complexity index is 537. The molecule has 1 aromatic rings. The van der Waals surface area contributed by atoms with Crippen molar-refractivity contribution in [3.05, 3.63) is 30.1 Å². The first-order chi connectivity index (χ1) is 9.47. The second-order valence-corrected chi connectivity index (χ2v) is 7.31. The van der Waals surface area contributed by atoms with Gasteiger partial charge >= 0.3 is 0 Å². The third-order valence-electron chi connectivity index (χ3n) is 4.11. The van der Waals surface area contributed by atoms with Gasteiger partial charge in [0.05, 0.1) is 4.90 Å². The fourth-order valence-corrected chi connectivity index (χ4v) is 3.86. The molecule has 2 rings (SSSR count). The molecule has 1 saturated carbocycles. The fourth-order valence-electron chi connectivity index (χ4n) is 2.70. The Labute approximate surface area is 119 Å². The van der Waals surface area contributed by atoms with Crippen molar-refractivity contribution in [2.75, 3.05) is 13.1 Å². The highest BCUT2D eigenvalue weighted by molar-refractivity contribution is 7.89. The van der Waals surface area contributed by atoms with Crippen LogP contribution in [0.1, 0.15) is 32.1 Å². The standard InChI is InChI=1S/C14H21FN2O2S/c15-12-4-6-13(7-5-12)20(18,19)17-11-14(10-16)8-2-1-3-9-14/h4-7,17H,1-3,8-11,16H2. The van der Waals surface area contributed by atoms with Crippen molar-refractivity contribution in [3.63, 3.8) is 0 Å². The Morgan fingerprint density at radius 1 is 1.15 bits per heavy atom. The maximum Gasteiger partial charge on any atom is 0.240 e. The summed E-state index contributed by atoms with van der Waals surface area (Å²) in [6.07, 6.45) is 5.28. The molecule has 0 unspecified atom stereocenters. The molecule has 4 nitrogen and oxygen atoms in total. The number of nitrogens with two attached hydrogens (primary N) is 1. The van der Waals surface area contributed by atoms with Crippen molar-refractivity contribution in [3.8, 4) is 0 Å². The maximum atomic E-state index is 12.8. The van der Waals surface area contributed by atoms with Gasteiger partial charge in [-0.3, -0.25) is 0 Å². The summed E-state index contributed by atoms with van der Waals surface area (Å²) >= 11 is 0. The van der Waals surface area contributed by atoms with E-state index in [0.29, 0.717) is 13.1 Å². The van der Waals surface area contributed by atoms with Crippen molar-refractivity contribution >= 4 is 10.0 Å². The summed E-state index contributed by atoms with van der Waals surface area (Å²) < 4.78 is 39.8. The van der Waals surface area contributed by atoms with Crippen molar-refractivity contribution in [1.29, 1.82) is 0 Å². The van der Waals surface area contributed by atoms with Crippen LogP contribution in [0.15, 0.2) is 29.2 Å². The second kappa shape index (κ2) is 6.20. The van der Waals surface area contributed by atoms with Gasteiger partial charge in [0.15, 0.2) is 0 Å². The third kappa shape index (κ3) is 3.56. The molecule has 0 radical (unpaired) electrons. The van der Waals surface area contributed by atoms with Gasteiger partial charge < -0.3 is 5.73 Å². The van der Waals surface area contributed by atoms with Crippen LogP contribution in [0.4, 0.5) is 4.39 Å². The zero-order chi connectivity index (χ0) is 14.6. The minimum atomic E-state index is -3.60. The van der Waals surface area contributed by atoms with E-state index in [9.17, 15) is 12.8 Å². The number of sulfonamides is 1. The first-order valence-electron chi connectivity index (χ1n) is 6.93. The maximum absolute atomic E-state index is 12.8. The molecule has 1 aliphatic rings. The zero-order valence-electron chi connectivity index (χ0n) is 11.4. The summed E-state index contributed by atoms with van der Waals surface area (Å²) in [5.41, 5.74) is 5.71. The van der Waals surface area contributed by atoms with Gasteiger partial charge in [0.25, 0.3) is 0 Å². The Hall–Kier alpha value is -0.980. The lowest BCUT2D eigenvalue weighted by Gasteiger charge is -2.36. The van der Waals surface area contributed by atoms with E-state index in [1.807, 2.05) is 0 Å². The van der Waals surface area contributed by atoms with Crippen LogP contribution in [-0.4, -0.2) is 21.5 Å². The molecule has 0 amide bonds. The molecule has 0 aliphatic heterocycles. The highest BCUT2D eigenvalue weighted by atomic mass is 32.2. The van der Waals surface area contributed by atoms with Crippen LogP contribution in [-0.2, 0) is 10.0 Å². The summed E-state index contributed by atoms with van der Waals surface area (Å²) in [6, 6.07) is 4.84. The van der Waals surface area contributed by atoms with E-state index < -0.39 is 15.8 Å². The van der Waals surface area contributed by atoms with E-state index >= 15 is 0 Å². The Kier molecular flexibility index (Phi) is 4.78. The molecule has 20 heavy (non-hydrogen) atoms. The summed E-state index contributed by atoms with van der Waals surface area (Å²) in [6.45, 7) is 0.835. The van der Waals surface area contributed by atoms with E-state index in [4.69, 9.17) is 5.73 Å². The summed E-state index contributed by atoms with van der Waals surface area (Å²) in [5, 5.41) is 0. The lowest BCUT2D eigenvalue weighted by atomic mass is 9.74. The molecule has 1 aliphatic carbocycles. The van der Waals surface area contributed by atoms with Gasteiger partial charge in [-0.25, -0.2) is 17.5 Å². The van der Waals surface area contributed by atoms with E-state index in [1.54, 1.807) is 0 Å². The van der Waals surface area contributed by atoms with Crippen molar-refractivity contribution in [1.82, 2.24) is 4.72 Å². The molecule has 0 bridgehead atoms. The van der Waals surface area contributed by atoms with Crippen LogP contribution < -0.4 is 10.5 Å². The van der Waals surface area contributed by atoms with Crippen LogP contribution in [0, 0.1) is 11.2 Å². The van der Waals surface area contributed by atoms with E-state index in [2.05, 4.69) is 4.72 Å². The van der Waals surface area contributed by atoms with Crippen LogP contribution >= 0.6 is 0 Å². The second-order valence-electron chi connectivity index (χ2n) is 5.54. The smallest absolute Gasteiger partial charge is 0.240 e. The summed E-state index contributed by atoms with van der Waals surface area (Å²) in [7, 11) is -3.60. The van der Waals surface area contributed by atoms with Crippen LogP contribution in [0.3, 0.4) is 0 Å². The predicted molar refractivity (Wildman–Crippen MR) is 76.2 cm³/mol. The number of hydrogen-bond donors (Lipinski definition) is 2. The first-order valence-corrected chi connectivity index (χ1v) is 8.41. The lowest BCUT2D eigenvalue weighted by molar-refractivity contribution is 0.202. The van der Waals surface area contributed by atoms with E-state index in [0.717, 1.165) is 37.8 Å². The van der Waals surface area contributed by atoms with Gasteiger partial charge in [0.2, 0.25) is 10.0 Å². The number of hydrogen-bond acceptors (Lipinski definition) is 3. The highest BCUT2D eigenvalue weighted by Crippen LogP contribution is 2.35. The molecule has 1 aromatic carbocycles. The zero-order valence-corrected chi connectivity index (χ0v) is 12.3. The van der Waals surface area contributed by atoms with Gasteiger partial charge in [-0.05, 0) is 49.1 Å². The minimum absolute atomic E-state index is 0.0851. The number of nitrogens with one attached hydrogen (secondary N) is 1. The predicted octanol–water partition coefficient (Wildman–Crippen LogP) is 2.01. The van der Waals surface area contributed by atoms with Crippen LogP contribution in [0.5, 0.6) is 0 Å². The normalized spacial score (nSPS) is 18.9. The number of halogens is 1. The van der Waals surface area contributed by atoms with Crippen molar-refractivity contribution < 1.29 is 12.8 Å². The van der Waals surface area contributed by atoms with Gasteiger partial charge in [-0.15, -0.1) is 0 Å². The fraction of sp³-hybridized carbons (Fsp3) is 0.571. The molecular formula is C14H21FN2O2S. The molecule has 112 valence electrons. The molecule has 0 aromatic heterocycles. The van der Waals surface area contributed by atoms with Gasteiger partial charge in [0.1, 0.15) is 5.82 Å². The molecule has 0 atom stereocenters. The molecule has 0 saturated heterocycles. The number of rotatable bonds is 5. The molecule has 6 heteroatoms. The van der Waals surface area contributed by atoms with Gasteiger partial charge in [-0.1, -0.05) is 19.3 Å². The largest absolute Gasteiger partial charge is 0.330 e. The molecule has 1 fully saturated rings. The molecular weight excluding hydrogens is 279 g/mol. The van der Waals surface area contributed by atoms with Gasteiger partial charge in [-0.2, -0.15) is 0 Å². The van der Waals surface area contributed by atoms with Crippen LogP contribution in [0.2, 0.25) is 0 Å². The molecule has 3 N–H and O–H groups in total. The van der Waals surface area contributed by atoms with E-state index in [-0.39, 0.29) is 10.3 Å². The molecule has 0 spiro atoms. The lowest BCUT2D eigenvalue weighted by Crippen LogP contribution is -2.43. The number of benzene rings is 1. The summed E-state index contributed by atoms with van der Waals surface area (Å²) in [5.74, 6) is -0.449. The Morgan fingerprint density at radius 3 is 2.30 bits per heavy atom. The highest BCUT2D eigenvalue weighted by Gasteiger charge is 2.32. The average Bonchev–Trinajstić information content (AvgIpc) is 2.47. The quantitative estimate of drug-likeness (QED) is 0.874. The van der Waals surface area contributed by atoms with Crippen LogP contribution in [0.25, 0.3) is 0 Å². The monoisotopic (exact) mass is 300 g/mol. The average molecular weight is 300 g/mol. The van der Waals surface area contributed by atoms with Crippen molar-refractivity contribution in [2.45, 2.75) is 37.0 Å². The summed E-state index contributed by atoms with van der Waals surface area (Å²) in [4.78, 5) is 0.0851. The van der Waals surface area contributed by atoms with E-state index in [1.165, 1.54) is 18.6 Å². The third-order valence-corrected chi connectivity index (χ3v) is 5.53.